The maximum atomic E-state index is 11.9. The molecule has 1 amide bonds. The molecule has 0 aromatic heterocycles. The number of amides is 1. The Kier molecular flexibility index (Phi) is 6.52. The van der Waals surface area contributed by atoms with Crippen molar-refractivity contribution in [1.29, 1.82) is 0 Å². The number of carbonyl (C=O) groups excluding carboxylic acids is 2. The smallest absolute Gasteiger partial charge is 0.372 e. The van der Waals surface area contributed by atoms with Gasteiger partial charge in [0.2, 0.25) is 5.78 Å². The first-order valence-electron chi connectivity index (χ1n) is 6.70. The van der Waals surface area contributed by atoms with Gasteiger partial charge in [0.1, 0.15) is 5.75 Å². The van der Waals surface area contributed by atoms with Gasteiger partial charge in [-0.25, -0.2) is 9.86 Å². The van der Waals surface area contributed by atoms with E-state index in [2.05, 4.69) is 0 Å². The number of hydrogen-bond donors (Lipinski definition) is 1. The van der Waals surface area contributed by atoms with Gasteiger partial charge in [0.15, 0.2) is 0 Å². The zero-order valence-corrected chi connectivity index (χ0v) is 12.7. The van der Waals surface area contributed by atoms with Gasteiger partial charge in [-0.2, -0.15) is 0 Å². The number of carbonyl (C=O) groups is 3. The van der Waals surface area contributed by atoms with E-state index >= 15 is 0 Å². The van der Waals surface area contributed by atoms with E-state index < -0.39 is 24.1 Å². The van der Waals surface area contributed by atoms with Crippen molar-refractivity contribution in [1.82, 2.24) is 5.06 Å². The highest BCUT2D eigenvalue weighted by Gasteiger charge is 2.22. The molecule has 0 bridgehead atoms. The average molecular weight is 309 g/mol. The molecule has 0 aliphatic carbocycles. The van der Waals surface area contributed by atoms with Crippen LogP contribution < -0.4 is 4.74 Å². The Morgan fingerprint density at radius 3 is 2.41 bits per heavy atom. The Hall–Kier alpha value is -2.41. The molecule has 1 aromatic carbocycles. The van der Waals surface area contributed by atoms with E-state index in [0.717, 1.165) is 5.06 Å². The van der Waals surface area contributed by atoms with E-state index in [0.29, 0.717) is 11.3 Å². The second kappa shape index (κ2) is 8.14. The summed E-state index contributed by atoms with van der Waals surface area (Å²) in [6, 6.07) is 7.10. The van der Waals surface area contributed by atoms with Crippen LogP contribution in [0.15, 0.2) is 24.3 Å². The van der Waals surface area contributed by atoms with Crippen molar-refractivity contribution < 1.29 is 29.1 Å². The summed E-state index contributed by atoms with van der Waals surface area (Å²) in [6.45, 7) is 3.80. The van der Waals surface area contributed by atoms with Gasteiger partial charge in [-0.05, 0) is 19.9 Å². The van der Waals surface area contributed by atoms with Crippen LogP contribution >= 0.6 is 0 Å². The van der Waals surface area contributed by atoms with Crippen LogP contribution in [0.4, 0.5) is 0 Å². The molecule has 0 saturated carbocycles. The molecule has 0 radical (unpaired) electrons. The van der Waals surface area contributed by atoms with Crippen molar-refractivity contribution in [2.24, 2.45) is 0 Å². The van der Waals surface area contributed by atoms with Gasteiger partial charge in [0.05, 0.1) is 26.2 Å². The van der Waals surface area contributed by atoms with Crippen LogP contribution in [0.3, 0.4) is 0 Å². The number of nitrogens with zero attached hydrogens (tertiary/aromatic N) is 1. The van der Waals surface area contributed by atoms with Crippen LogP contribution in [0.25, 0.3) is 0 Å². The lowest BCUT2D eigenvalue weighted by Gasteiger charge is -2.21. The standard InChI is InChI=1S/C15H19NO6/c1-10(2)22-13-7-5-4-6-11(13)9-16(21-3)14(18)8-12(17)15(19)20/h4-7,10H,8-9H2,1-3H3,(H,19,20). The molecule has 1 aromatic rings. The van der Waals surface area contributed by atoms with E-state index in [4.69, 9.17) is 14.7 Å². The molecule has 7 nitrogen and oxygen atoms in total. The summed E-state index contributed by atoms with van der Waals surface area (Å²) >= 11 is 0. The highest BCUT2D eigenvalue weighted by Crippen LogP contribution is 2.21. The molecule has 0 heterocycles. The second-order valence-corrected chi connectivity index (χ2v) is 4.79. The predicted molar refractivity (Wildman–Crippen MR) is 77.0 cm³/mol. The van der Waals surface area contributed by atoms with Gasteiger partial charge in [-0.1, -0.05) is 18.2 Å². The van der Waals surface area contributed by atoms with E-state index in [9.17, 15) is 14.4 Å². The Morgan fingerprint density at radius 2 is 1.86 bits per heavy atom. The minimum atomic E-state index is -1.65. The zero-order chi connectivity index (χ0) is 16.7. The Bertz CT molecular complexity index is 555. The van der Waals surface area contributed by atoms with Crippen molar-refractivity contribution in [2.45, 2.75) is 32.9 Å². The number of ketones is 1. The third-order valence-corrected chi connectivity index (χ3v) is 2.70. The van der Waals surface area contributed by atoms with Gasteiger partial charge in [-0.15, -0.1) is 0 Å². The number of rotatable bonds is 8. The number of hydrogen-bond acceptors (Lipinski definition) is 5. The molecule has 7 heteroatoms. The molecular formula is C15H19NO6. The molecule has 0 aliphatic rings. The summed E-state index contributed by atoms with van der Waals surface area (Å²) in [4.78, 5) is 38.5. The lowest BCUT2D eigenvalue weighted by Crippen LogP contribution is -2.32. The van der Waals surface area contributed by atoms with E-state index in [1.165, 1.54) is 7.11 Å². The quantitative estimate of drug-likeness (QED) is 0.443. The summed E-state index contributed by atoms with van der Waals surface area (Å²) in [5, 5.41) is 9.47. The third-order valence-electron chi connectivity index (χ3n) is 2.70. The molecule has 0 unspecified atom stereocenters. The van der Waals surface area contributed by atoms with Gasteiger partial charge >= 0.3 is 5.97 Å². The molecule has 1 N–H and O–H groups in total. The highest BCUT2D eigenvalue weighted by atomic mass is 16.7. The molecular weight excluding hydrogens is 290 g/mol. The number of ether oxygens (including phenoxy) is 1. The lowest BCUT2D eigenvalue weighted by molar-refractivity contribution is -0.180. The molecule has 0 atom stereocenters. The Labute approximate surface area is 128 Å². The van der Waals surface area contributed by atoms with Crippen molar-refractivity contribution in [2.75, 3.05) is 7.11 Å². The first-order chi connectivity index (χ1) is 10.3. The number of carboxylic acid groups (broad SMARTS) is 1. The molecule has 120 valence electrons. The first kappa shape index (κ1) is 17.6. The molecule has 0 spiro atoms. The van der Waals surface area contributed by atoms with Gasteiger partial charge in [0, 0.05) is 5.56 Å². The van der Waals surface area contributed by atoms with Crippen molar-refractivity contribution >= 4 is 17.7 Å². The minimum Gasteiger partial charge on any atom is -0.491 e. The summed E-state index contributed by atoms with van der Waals surface area (Å²) in [5.74, 6) is -2.96. The van der Waals surface area contributed by atoms with Crippen LogP contribution in [0, 0.1) is 0 Å². The summed E-state index contributed by atoms with van der Waals surface area (Å²) in [7, 11) is 1.27. The van der Waals surface area contributed by atoms with Crippen molar-refractivity contribution in [3.8, 4) is 5.75 Å². The molecule has 0 aliphatic heterocycles. The fourth-order valence-corrected chi connectivity index (χ4v) is 1.71. The van der Waals surface area contributed by atoms with Crippen molar-refractivity contribution in [3.05, 3.63) is 29.8 Å². The van der Waals surface area contributed by atoms with E-state index in [1.807, 2.05) is 13.8 Å². The maximum absolute atomic E-state index is 11.9. The fourth-order valence-electron chi connectivity index (χ4n) is 1.71. The van der Waals surface area contributed by atoms with Gasteiger partial charge in [-0.3, -0.25) is 14.4 Å². The van der Waals surface area contributed by atoms with Crippen LogP contribution in [-0.2, 0) is 25.8 Å². The monoisotopic (exact) mass is 309 g/mol. The van der Waals surface area contributed by atoms with Crippen LogP contribution in [0.5, 0.6) is 5.75 Å². The third kappa shape index (κ3) is 5.17. The molecule has 1 rings (SSSR count). The molecule has 0 fully saturated rings. The van der Waals surface area contributed by atoms with Crippen LogP contribution in [-0.4, -0.2) is 41.0 Å². The zero-order valence-electron chi connectivity index (χ0n) is 12.7. The minimum absolute atomic E-state index is 0.0403. The van der Waals surface area contributed by atoms with Crippen molar-refractivity contribution in [3.63, 3.8) is 0 Å². The van der Waals surface area contributed by atoms with E-state index in [-0.39, 0.29) is 12.6 Å². The largest absolute Gasteiger partial charge is 0.491 e. The predicted octanol–water partition coefficient (Wildman–Crippen LogP) is 1.41. The summed E-state index contributed by atoms with van der Waals surface area (Å²) in [5.41, 5.74) is 0.689. The van der Waals surface area contributed by atoms with E-state index in [1.54, 1.807) is 24.3 Å². The molecule has 0 saturated heterocycles. The van der Waals surface area contributed by atoms with Gasteiger partial charge < -0.3 is 9.84 Å². The van der Waals surface area contributed by atoms with Gasteiger partial charge in [0.25, 0.3) is 5.91 Å². The van der Waals surface area contributed by atoms with Crippen LogP contribution in [0.2, 0.25) is 0 Å². The fraction of sp³-hybridized carbons (Fsp3) is 0.400. The number of carboxylic acids is 1. The normalized spacial score (nSPS) is 10.4. The second-order valence-electron chi connectivity index (χ2n) is 4.79. The topological polar surface area (TPSA) is 93.1 Å². The summed E-state index contributed by atoms with van der Waals surface area (Å²) < 4.78 is 5.64. The average Bonchev–Trinajstić information content (AvgIpc) is 2.45. The number of benzene rings is 1. The SMILES string of the molecule is CON(Cc1ccccc1OC(C)C)C(=O)CC(=O)C(=O)O. The Morgan fingerprint density at radius 1 is 1.23 bits per heavy atom. The summed E-state index contributed by atoms with van der Waals surface area (Å²) in [6.07, 6.45) is -0.794. The Balaban J connectivity index is 2.84. The van der Waals surface area contributed by atoms with Crippen LogP contribution in [0.1, 0.15) is 25.8 Å². The molecule has 22 heavy (non-hydrogen) atoms. The first-order valence-corrected chi connectivity index (χ1v) is 6.70. The maximum Gasteiger partial charge on any atom is 0.372 e. The number of aliphatic carboxylic acids is 1. The number of para-hydroxylation sites is 1. The lowest BCUT2D eigenvalue weighted by atomic mass is 10.2. The highest BCUT2D eigenvalue weighted by molar-refractivity contribution is 6.36. The number of Topliss-reactive ketones (excluding diaryl/α,β-unsaturated/α-hetero) is 1. The number of hydroxylamine groups is 2.